The second-order valence-electron chi connectivity index (χ2n) is 8.68. The van der Waals surface area contributed by atoms with Crippen LogP contribution in [0.3, 0.4) is 0 Å². The zero-order valence-electron chi connectivity index (χ0n) is 16.5. The van der Waals surface area contributed by atoms with Gasteiger partial charge in [-0.3, -0.25) is 0 Å². The van der Waals surface area contributed by atoms with Crippen molar-refractivity contribution in [2.24, 2.45) is 0 Å². The summed E-state index contributed by atoms with van der Waals surface area (Å²) in [5.41, 5.74) is 0.606. The molecule has 27 heavy (non-hydrogen) atoms. The lowest BCUT2D eigenvalue weighted by Gasteiger charge is -2.25. The normalized spacial score (nSPS) is 13.1. The van der Waals surface area contributed by atoms with Crippen molar-refractivity contribution in [1.29, 1.82) is 0 Å². The van der Waals surface area contributed by atoms with Gasteiger partial charge in [-0.2, -0.15) is 13.2 Å². The van der Waals surface area contributed by atoms with E-state index in [-0.39, 0.29) is 22.5 Å². The molecule has 2 N–H and O–H groups in total. The van der Waals surface area contributed by atoms with Gasteiger partial charge in [0.05, 0.1) is 11.1 Å². The first-order valence-corrected chi connectivity index (χ1v) is 8.69. The number of nitrogens with zero attached hydrogens (tertiary/aromatic N) is 2. The van der Waals surface area contributed by atoms with Crippen molar-refractivity contribution in [2.45, 2.75) is 65.2 Å². The summed E-state index contributed by atoms with van der Waals surface area (Å²) in [5, 5.41) is 14.0. The molecule has 0 atom stereocenters. The van der Waals surface area contributed by atoms with Crippen molar-refractivity contribution in [3.8, 4) is 17.1 Å². The molecule has 0 saturated carbocycles. The van der Waals surface area contributed by atoms with Crippen LogP contribution in [0.15, 0.2) is 24.5 Å². The Morgan fingerprint density at radius 1 is 0.926 bits per heavy atom. The molecule has 0 aliphatic heterocycles. The largest absolute Gasteiger partial charge is 0.507 e. The number of alkyl halides is 3. The number of hydrogen-bond donors (Lipinski definition) is 2. The van der Waals surface area contributed by atoms with E-state index in [1.54, 1.807) is 6.07 Å². The van der Waals surface area contributed by atoms with E-state index in [0.717, 1.165) is 18.0 Å². The summed E-state index contributed by atoms with van der Waals surface area (Å²) in [7, 11) is 0. The second-order valence-corrected chi connectivity index (χ2v) is 8.68. The third kappa shape index (κ3) is 5.42. The van der Waals surface area contributed by atoms with Crippen LogP contribution in [0.4, 0.5) is 13.2 Å². The summed E-state index contributed by atoms with van der Waals surface area (Å²) in [6, 6.07) is 3.64. The number of phenols is 1. The third-order valence-corrected chi connectivity index (χ3v) is 4.08. The van der Waals surface area contributed by atoms with E-state index in [1.165, 1.54) is 0 Å². The first kappa shape index (κ1) is 21.2. The topological polar surface area (TPSA) is 58.0 Å². The fraction of sp³-hybridized carbons (Fsp3) is 0.500. The van der Waals surface area contributed by atoms with Crippen molar-refractivity contribution in [1.82, 2.24) is 15.3 Å². The van der Waals surface area contributed by atoms with E-state index >= 15 is 0 Å². The van der Waals surface area contributed by atoms with E-state index in [1.807, 2.05) is 47.6 Å². The first-order valence-electron chi connectivity index (χ1n) is 8.69. The fourth-order valence-corrected chi connectivity index (χ4v) is 2.41. The maximum Gasteiger partial charge on any atom is 0.419 e. The number of benzene rings is 1. The standard InChI is InChI=1S/C20H26F3N3O/c1-18(2,3)13-7-12(9-26-19(4,5)6)16(27)15(8-13)17-24-10-14(11-25-17)20(21,22)23/h7-8,10-11,26-27H,9H2,1-6H3. The van der Waals surface area contributed by atoms with Crippen LogP contribution in [-0.2, 0) is 18.1 Å². The highest BCUT2D eigenvalue weighted by Crippen LogP contribution is 2.36. The highest BCUT2D eigenvalue weighted by molar-refractivity contribution is 5.67. The van der Waals surface area contributed by atoms with Crippen LogP contribution in [0.2, 0.25) is 0 Å². The van der Waals surface area contributed by atoms with Gasteiger partial charge in [-0.25, -0.2) is 9.97 Å². The number of aromatic nitrogens is 2. The Bertz CT molecular complexity index is 801. The molecule has 0 saturated heterocycles. The molecule has 0 aliphatic rings. The summed E-state index contributed by atoms with van der Waals surface area (Å²) in [6.07, 6.45) is -3.03. The molecule has 0 radical (unpaired) electrons. The van der Waals surface area contributed by atoms with Crippen LogP contribution in [0.1, 0.15) is 58.2 Å². The molecule has 2 aromatic rings. The molecular weight excluding hydrogens is 355 g/mol. The van der Waals surface area contributed by atoms with Crippen molar-refractivity contribution in [2.75, 3.05) is 0 Å². The fourth-order valence-electron chi connectivity index (χ4n) is 2.41. The summed E-state index contributed by atoms with van der Waals surface area (Å²) in [6.45, 7) is 12.5. The average molecular weight is 381 g/mol. The SMILES string of the molecule is CC(C)(C)NCc1cc(C(C)(C)C)cc(-c2ncc(C(F)(F)F)cn2)c1O. The van der Waals surface area contributed by atoms with Crippen molar-refractivity contribution in [3.63, 3.8) is 0 Å². The second kappa shape index (κ2) is 7.11. The van der Waals surface area contributed by atoms with Gasteiger partial charge in [-0.15, -0.1) is 0 Å². The van der Waals surface area contributed by atoms with Gasteiger partial charge in [-0.05, 0) is 37.8 Å². The molecule has 1 heterocycles. The molecule has 1 aromatic heterocycles. The molecule has 4 nitrogen and oxygen atoms in total. The Morgan fingerprint density at radius 3 is 1.93 bits per heavy atom. The Labute approximate surface area is 157 Å². The van der Waals surface area contributed by atoms with E-state index in [4.69, 9.17) is 0 Å². The number of aromatic hydroxyl groups is 1. The summed E-state index contributed by atoms with van der Waals surface area (Å²) in [4.78, 5) is 7.68. The lowest BCUT2D eigenvalue weighted by Crippen LogP contribution is -2.35. The molecule has 2 rings (SSSR count). The van der Waals surface area contributed by atoms with Gasteiger partial charge < -0.3 is 10.4 Å². The van der Waals surface area contributed by atoms with Crippen molar-refractivity contribution in [3.05, 3.63) is 41.2 Å². The summed E-state index contributed by atoms with van der Waals surface area (Å²) >= 11 is 0. The minimum Gasteiger partial charge on any atom is -0.507 e. The van der Waals surface area contributed by atoms with Crippen LogP contribution in [-0.4, -0.2) is 20.6 Å². The minimum absolute atomic E-state index is 0.0282. The van der Waals surface area contributed by atoms with Gasteiger partial charge in [0.25, 0.3) is 0 Å². The highest BCUT2D eigenvalue weighted by atomic mass is 19.4. The van der Waals surface area contributed by atoms with Crippen LogP contribution >= 0.6 is 0 Å². The Morgan fingerprint density at radius 2 is 1.48 bits per heavy atom. The van der Waals surface area contributed by atoms with Crippen molar-refractivity contribution < 1.29 is 18.3 Å². The third-order valence-electron chi connectivity index (χ3n) is 4.08. The molecule has 148 valence electrons. The van der Waals surface area contributed by atoms with Gasteiger partial charge in [0.1, 0.15) is 5.75 Å². The number of nitrogens with one attached hydrogen (secondary N) is 1. The average Bonchev–Trinajstić information content (AvgIpc) is 2.51. The van der Waals surface area contributed by atoms with Gasteiger partial charge in [0.2, 0.25) is 0 Å². The molecule has 0 amide bonds. The van der Waals surface area contributed by atoms with Crippen LogP contribution in [0, 0.1) is 0 Å². The predicted octanol–water partition coefficient (Wildman–Crippen LogP) is 5.05. The van der Waals surface area contributed by atoms with Gasteiger partial charge >= 0.3 is 6.18 Å². The summed E-state index contributed by atoms with van der Waals surface area (Å²) in [5.74, 6) is 0.0307. The maximum atomic E-state index is 12.8. The molecular formula is C20H26F3N3O. The number of rotatable bonds is 3. The lowest BCUT2D eigenvalue weighted by atomic mass is 9.84. The Balaban J connectivity index is 2.54. The maximum absolute atomic E-state index is 12.8. The zero-order chi connectivity index (χ0) is 20.6. The van der Waals surface area contributed by atoms with E-state index < -0.39 is 11.7 Å². The number of halogens is 3. The molecule has 0 fully saturated rings. The van der Waals surface area contributed by atoms with Gasteiger partial charge in [0, 0.05) is 30.0 Å². The Kier molecular flexibility index (Phi) is 5.57. The van der Waals surface area contributed by atoms with Gasteiger partial charge in [-0.1, -0.05) is 26.8 Å². The zero-order valence-corrected chi connectivity index (χ0v) is 16.5. The monoisotopic (exact) mass is 381 g/mol. The molecule has 0 bridgehead atoms. The van der Waals surface area contributed by atoms with E-state index in [9.17, 15) is 18.3 Å². The van der Waals surface area contributed by atoms with Crippen molar-refractivity contribution >= 4 is 0 Å². The highest BCUT2D eigenvalue weighted by Gasteiger charge is 2.31. The molecule has 7 heteroatoms. The number of phenolic OH excluding ortho intramolecular Hbond substituents is 1. The van der Waals surface area contributed by atoms with Gasteiger partial charge in [0.15, 0.2) is 5.82 Å². The molecule has 0 aliphatic carbocycles. The smallest absolute Gasteiger partial charge is 0.419 e. The van der Waals surface area contributed by atoms with Crippen LogP contribution in [0.25, 0.3) is 11.4 Å². The van der Waals surface area contributed by atoms with E-state index in [0.29, 0.717) is 17.7 Å². The molecule has 0 spiro atoms. The quantitative estimate of drug-likeness (QED) is 0.781. The summed E-state index contributed by atoms with van der Waals surface area (Å²) < 4.78 is 38.3. The molecule has 1 aromatic carbocycles. The lowest BCUT2D eigenvalue weighted by molar-refractivity contribution is -0.138. The number of hydrogen-bond acceptors (Lipinski definition) is 4. The molecule has 0 unspecified atom stereocenters. The van der Waals surface area contributed by atoms with E-state index in [2.05, 4.69) is 15.3 Å². The predicted molar refractivity (Wildman–Crippen MR) is 99.4 cm³/mol. The Hall–Kier alpha value is -2.15. The first-order chi connectivity index (χ1) is 12.2. The van der Waals surface area contributed by atoms with Crippen LogP contribution in [0.5, 0.6) is 5.75 Å². The van der Waals surface area contributed by atoms with Crippen LogP contribution < -0.4 is 5.32 Å². The minimum atomic E-state index is -4.50.